The first-order valence-corrected chi connectivity index (χ1v) is 6.84. The molecule has 2 atom stereocenters. The number of carbonyl (C=O) groups is 1. The summed E-state index contributed by atoms with van der Waals surface area (Å²) in [7, 11) is 0. The Morgan fingerprint density at radius 2 is 2.16 bits per heavy atom. The van der Waals surface area contributed by atoms with Crippen molar-refractivity contribution in [2.75, 3.05) is 6.61 Å². The first-order valence-electron chi connectivity index (χ1n) is 6.84. The zero-order valence-electron chi connectivity index (χ0n) is 11.0. The van der Waals surface area contributed by atoms with E-state index in [4.69, 9.17) is 4.74 Å². The quantitative estimate of drug-likeness (QED) is 0.909. The summed E-state index contributed by atoms with van der Waals surface area (Å²) in [5.74, 6) is 0.176. The highest BCUT2D eigenvalue weighted by atomic mass is 19.1. The first kappa shape index (κ1) is 12.6. The predicted molar refractivity (Wildman–Crippen MR) is 69.5 cm³/mol. The van der Waals surface area contributed by atoms with Crippen molar-refractivity contribution in [3.05, 3.63) is 35.1 Å². The van der Waals surface area contributed by atoms with Crippen molar-refractivity contribution in [1.29, 1.82) is 0 Å². The Bertz CT molecular complexity index is 499. The fraction of sp³-hybridized carbons (Fsp3) is 0.533. The molecule has 2 fully saturated rings. The van der Waals surface area contributed by atoms with E-state index in [0.29, 0.717) is 23.7 Å². The molecule has 1 aromatic carbocycles. The van der Waals surface area contributed by atoms with E-state index in [2.05, 4.69) is 5.32 Å². The molecule has 0 aromatic heterocycles. The van der Waals surface area contributed by atoms with Crippen LogP contribution in [-0.4, -0.2) is 24.7 Å². The molecule has 4 heteroatoms. The Labute approximate surface area is 112 Å². The number of hydrogen-bond donors (Lipinski definition) is 1. The number of benzene rings is 1. The zero-order chi connectivity index (χ0) is 13.4. The van der Waals surface area contributed by atoms with Crippen LogP contribution in [0, 0.1) is 18.7 Å². The summed E-state index contributed by atoms with van der Waals surface area (Å²) in [5.41, 5.74) is 1.21. The zero-order valence-corrected chi connectivity index (χ0v) is 11.0. The summed E-state index contributed by atoms with van der Waals surface area (Å²) in [6.45, 7) is 2.47. The van der Waals surface area contributed by atoms with Crippen molar-refractivity contribution in [3.8, 4) is 0 Å². The van der Waals surface area contributed by atoms with Crippen molar-refractivity contribution < 1.29 is 13.9 Å². The summed E-state index contributed by atoms with van der Waals surface area (Å²) in [4.78, 5) is 12.2. The van der Waals surface area contributed by atoms with E-state index in [1.807, 2.05) is 0 Å². The molecular weight excluding hydrogens is 245 g/mol. The first-order chi connectivity index (χ1) is 9.15. The minimum absolute atomic E-state index is 0.101. The average Bonchev–Trinajstić information content (AvgIpc) is 3.10. The van der Waals surface area contributed by atoms with Gasteiger partial charge < -0.3 is 10.1 Å². The van der Waals surface area contributed by atoms with Crippen LogP contribution in [0.5, 0.6) is 0 Å². The van der Waals surface area contributed by atoms with Gasteiger partial charge in [0.15, 0.2) is 0 Å². The van der Waals surface area contributed by atoms with E-state index < -0.39 is 0 Å². The molecule has 2 unspecified atom stereocenters. The van der Waals surface area contributed by atoms with E-state index in [9.17, 15) is 9.18 Å². The van der Waals surface area contributed by atoms with Crippen molar-refractivity contribution in [3.63, 3.8) is 0 Å². The van der Waals surface area contributed by atoms with Gasteiger partial charge in [-0.25, -0.2) is 4.39 Å². The Morgan fingerprint density at radius 3 is 2.84 bits per heavy atom. The number of amides is 1. The molecule has 102 valence electrons. The Morgan fingerprint density at radius 1 is 1.37 bits per heavy atom. The molecule has 19 heavy (non-hydrogen) atoms. The second-order valence-corrected chi connectivity index (χ2v) is 5.50. The van der Waals surface area contributed by atoms with Crippen LogP contribution in [0.3, 0.4) is 0 Å². The lowest BCUT2D eigenvalue weighted by atomic mass is 10.0. The SMILES string of the molecule is Cc1cc(F)ccc1C(=O)NC1CCOC1C1CC1. The Balaban J connectivity index is 1.70. The topological polar surface area (TPSA) is 38.3 Å². The number of nitrogens with one attached hydrogen (secondary N) is 1. The summed E-state index contributed by atoms with van der Waals surface area (Å²) >= 11 is 0. The van der Waals surface area contributed by atoms with Gasteiger partial charge >= 0.3 is 0 Å². The van der Waals surface area contributed by atoms with Gasteiger partial charge in [0.2, 0.25) is 0 Å². The largest absolute Gasteiger partial charge is 0.376 e. The molecule has 0 radical (unpaired) electrons. The van der Waals surface area contributed by atoms with E-state index in [1.54, 1.807) is 13.0 Å². The van der Waals surface area contributed by atoms with Crippen LogP contribution in [0.4, 0.5) is 4.39 Å². The maximum Gasteiger partial charge on any atom is 0.251 e. The van der Waals surface area contributed by atoms with Crippen molar-refractivity contribution >= 4 is 5.91 Å². The molecule has 1 aliphatic heterocycles. The average molecular weight is 263 g/mol. The van der Waals surface area contributed by atoms with Gasteiger partial charge in [0.05, 0.1) is 12.1 Å². The fourth-order valence-corrected chi connectivity index (χ4v) is 2.78. The van der Waals surface area contributed by atoms with E-state index in [-0.39, 0.29) is 23.9 Å². The summed E-state index contributed by atoms with van der Waals surface area (Å²) < 4.78 is 18.7. The van der Waals surface area contributed by atoms with Crippen molar-refractivity contribution in [2.24, 2.45) is 5.92 Å². The molecule has 1 saturated heterocycles. The van der Waals surface area contributed by atoms with Crippen LogP contribution in [0.15, 0.2) is 18.2 Å². The smallest absolute Gasteiger partial charge is 0.251 e. The molecule has 1 N–H and O–H groups in total. The number of aryl methyl sites for hydroxylation is 1. The number of halogens is 1. The molecule has 0 spiro atoms. The monoisotopic (exact) mass is 263 g/mol. The van der Waals surface area contributed by atoms with Gasteiger partial charge in [-0.1, -0.05) is 0 Å². The van der Waals surface area contributed by atoms with Gasteiger partial charge in [0.1, 0.15) is 5.82 Å². The number of ether oxygens (including phenoxy) is 1. The lowest BCUT2D eigenvalue weighted by Crippen LogP contribution is -2.41. The minimum atomic E-state index is -0.311. The Kier molecular flexibility index (Phi) is 3.27. The molecule has 3 nitrogen and oxygen atoms in total. The highest BCUT2D eigenvalue weighted by molar-refractivity contribution is 5.95. The predicted octanol–water partition coefficient (Wildman–Crippen LogP) is 2.43. The van der Waals surface area contributed by atoms with Gasteiger partial charge in [-0.2, -0.15) is 0 Å². The highest BCUT2D eigenvalue weighted by Crippen LogP contribution is 2.38. The second kappa shape index (κ2) is 4.93. The molecule has 1 saturated carbocycles. The van der Waals surface area contributed by atoms with E-state index in [1.165, 1.54) is 25.0 Å². The summed E-state index contributed by atoms with van der Waals surface area (Å²) in [6.07, 6.45) is 3.44. The molecule has 1 amide bonds. The van der Waals surface area contributed by atoms with Gasteiger partial charge in [0.25, 0.3) is 5.91 Å². The lowest BCUT2D eigenvalue weighted by molar-refractivity contribution is 0.0729. The van der Waals surface area contributed by atoms with Crippen LogP contribution in [0.2, 0.25) is 0 Å². The van der Waals surface area contributed by atoms with Crippen LogP contribution in [-0.2, 0) is 4.74 Å². The maximum absolute atomic E-state index is 13.0. The van der Waals surface area contributed by atoms with Gasteiger partial charge in [-0.15, -0.1) is 0 Å². The summed E-state index contributed by atoms with van der Waals surface area (Å²) in [5, 5.41) is 3.04. The third-order valence-corrected chi connectivity index (χ3v) is 3.97. The van der Waals surface area contributed by atoms with Crippen LogP contribution < -0.4 is 5.32 Å². The molecule has 3 rings (SSSR count). The number of carbonyl (C=O) groups excluding carboxylic acids is 1. The maximum atomic E-state index is 13.0. The van der Waals surface area contributed by atoms with Gasteiger partial charge in [-0.3, -0.25) is 4.79 Å². The third-order valence-electron chi connectivity index (χ3n) is 3.97. The van der Waals surface area contributed by atoms with Gasteiger partial charge in [0, 0.05) is 12.2 Å². The fourth-order valence-electron chi connectivity index (χ4n) is 2.78. The minimum Gasteiger partial charge on any atom is -0.376 e. The third kappa shape index (κ3) is 2.63. The standard InChI is InChI=1S/C15H18FNO2/c1-9-8-11(16)4-5-12(9)15(18)17-13-6-7-19-14(13)10-2-3-10/h4-5,8,10,13-14H,2-3,6-7H2,1H3,(H,17,18). The molecule has 1 aromatic rings. The number of hydrogen-bond acceptors (Lipinski definition) is 2. The van der Waals surface area contributed by atoms with Crippen LogP contribution >= 0.6 is 0 Å². The highest BCUT2D eigenvalue weighted by Gasteiger charge is 2.41. The van der Waals surface area contributed by atoms with Crippen LogP contribution in [0.25, 0.3) is 0 Å². The molecule has 2 aliphatic rings. The molecule has 1 heterocycles. The molecule has 0 bridgehead atoms. The Hall–Kier alpha value is -1.42. The lowest BCUT2D eigenvalue weighted by Gasteiger charge is -2.20. The van der Waals surface area contributed by atoms with E-state index >= 15 is 0 Å². The normalized spacial score (nSPS) is 26.4. The van der Waals surface area contributed by atoms with Crippen molar-refractivity contribution in [1.82, 2.24) is 5.32 Å². The van der Waals surface area contributed by atoms with Gasteiger partial charge in [-0.05, 0) is 55.9 Å². The van der Waals surface area contributed by atoms with Crippen LogP contribution in [0.1, 0.15) is 35.2 Å². The number of rotatable bonds is 3. The molecular formula is C15H18FNO2. The van der Waals surface area contributed by atoms with E-state index in [0.717, 1.165) is 6.42 Å². The second-order valence-electron chi connectivity index (χ2n) is 5.50. The van der Waals surface area contributed by atoms with Crippen molar-refractivity contribution in [2.45, 2.75) is 38.3 Å². The molecule has 1 aliphatic carbocycles. The summed E-state index contributed by atoms with van der Waals surface area (Å²) in [6, 6.07) is 4.36.